The number of hydrogen-bond acceptors (Lipinski definition) is 6. The SMILES string of the molecule is CCC(C)NC(=O)c1cnc(Nc2cc(C)on2)cn1. The fraction of sp³-hybridized carbons (Fsp3) is 0.385. The van der Waals surface area contributed by atoms with Crippen LogP contribution in [-0.2, 0) is 0 Å². The summed E-state index contributed by atoms with van der Waals surface area (Å²) in [6.45, 7) is 5.74. The predicted octanol–water partition coefficient (Wildman–Crippen LogP) is 2.04. The molecule has 106 valence electrons. The van der Waals surface area contributed by atoms with Gasteiger partial charge in [-0.3, -0.25) is 4.79 Å². The van der Waals surface area contributed by atoms with Gasteiger partial charge in [0.2, 0.25) is 0 Å². The van der Waals surface area contributed by atoms with E-state index in [1.165, 1.54) is 12.4 Å². The normalized spacial score (nSPS) is 11.9. The first-order valence-electron chi connectivity index (χ1n) is 6.41. The van der Waals surface area contributed by atoms with Crippen LogP contribution in [0.15, 0.2) is 23.0 Å². The van der Waals surface area contributed by atoms with Gasteiger partial charge >= 0.3 is 0 Å². The van der Waals surface area contributed by atoms with E-state index >= 15 is 0 Å². The van der Waals surface area contributed by atoms with Gasteiger partial charge in [0.05, 0.1) is 12.4 Å². The van der Waals surface area contributed by atoms with Crippen molar-refractivity contribution in [1.29, 1.82) is 0 Å². The van der Waals surface area contributed by atoms with E-state index in [2.05, 4.69) is 25.8 Å². The van der Waals surface area contributed by atoms with E-state index in [1.54, 1.807) is 13.0 Å². The molecule has 0 saturated heterocycles. The van der Waals surface area contributed by atoms with E-state index in [-0.39, 0.29) is 17.6 Å². The average Bonchev–Trinajstić information content (AvgIpc) is 2.84. The number of anilines is 2. The second kappa shape index (κ2) is 6.14. The summed E-state index contributed by atoms with van der Waals surface area (Å²) < 4.78 is 4.93. The molecule has 2 heterocycles. The third-order valence-corrected chi connectivity index (χ3v) is 2.76. The van der Waals surface area contributed by atoms with Gasteiger partial charge in [-0.25, -0.2) is 9.97 Å². The zero-order valence-corrected chi connectivity index (χ0v) is 11.7. The van der Waals surface area contributed by atoms with Crippen molar-refractivity contribution in [1.82, 2.24) is 20.4 Å². The van der Waals surface area contributed by atoms with Crippen molar-refractivity contribution in [3.63, 3.8) is 0 Å². The van der Waals surface area contributed by atoms with Crippen LogP contribution in [0.1, 0.15) is 36.5 Å². The summed E-state index contributed by atoms with van der Waals surface area (Å²) >= 11 is 0. The van der Waals surface area contributed by atoms with Gasteiger partial charge in [-0.15, -0.1) is 0 Å². The van der Waals surface area contributed by atoms with E-state index < -0.39 is 0 Å². The van der Waals surface area contributed by atoms with Crippen molar-refractivity contribution < 1.29 is 9.32 Å². The lowest BCUT2D eigenvalue weighted by Gasteiger charge is -2.10. The molecule has 0 spiro atoms. The molecule has 0 aliphatic carbocycles. The number of rotatable bonds is 5. The van der Waals surface area contributed by atoms with Crippen LogP contribution in [0.2, 0.25) is 0 Å². The van der Waals surface area contributed by atoms with Crippen LogP contribution in [0.5, 0.6) is 0 Å². The Labute approximate surface area is 116 Å². The zero-order chi connectivity index (χ0) is 14.5. The third-order valence-electron chi connectivity index (χ3n) is 2.76. The number of amides is 1. The lowest BCUT2D eigenvalue weighted by Crippen LogP contribution is -2.32. The third kappa shape index (κ3) is 3.53. The standard InChI is InChI=1S/C13H17N5O2/c1-4-8(2)16-13(19)10-6-15-12(7-14-10)17-11-5-9(3)20-18-11/h5-8H,4H2,1-3H3,(H,16,19)(H,15,17,18). The molecule has 1 amide bonds. The van der Waals surface area contributed by atoms with Gasteiger partial charge in [0.1, 0.15) is 17.3 Å². The highest BCUT2D eigenvalue weighted by Crippen LogP contribution is 2.13. The summed E-state index contributed by atoms with van der Waals surface area (Å²) in [6, 6.07) is 1.85. The quantitative estimate of drug-likeness (QED) is 0.867. The number of carbonyl (C=O) groups excluding carboxylic acids is 1. The molecule has 0 radical (unpaired) electrons. The monoisotopic (exact) mass is 275 g/mol. The highest BCUT2D eigenvalue weighted by molar-refractivity contribution is 5.92. The van der Waals surface area contributed by atoms with Crippen LogP contribution in [0.4, 0.5) is 11.6 Å². The number of hydrogen-bond donors (Lipinski definition) is 2. The fourth-order valence-electron chi connectivity index (χ4n) is 1.47. The molecule has 0 aliphatic heterocycles. The van der Waals surface area contributed by atoms with Crippen LogP contribution >= 0.6 is 0 Å². The summed E-state index contributed by atoms with van der Waals surface area (Å²) in [7, 11) is 0. The topological polar surface area (TPSA) is 92.9 Å². The van der Waals surface area contributed by atoms with Crippen LogP contribution in [0.25, 0.3) is 0 Å². The summed E-state index contributed by atoms with van der Waals surface area (Å²) in [4.78, 5) is 20.0. The van der Waals surface area contributed by atoms with E-state index in [0.717, 1.165) is 6.42 Å². The van der Waals surface area contributed by atoms with Gasteiger partial charge in [-0.05, 0) is 20.3 Å². The Morgan fingerprint density at radius 1 is 1.35 bits per heavy atom. The lowest BCUT2D eigenvalue weighted by molar-refractivity contribution is 0.0934. The van der Waals surface area contributed by atoms with Crippen LogP contribution in [0, 0.1) is 6.92 Å². The molecule has 2 aromatic heterocycles. The summed E-state index contributed by atoms with van der Waals surface area (Å²) in [5, 5.41) is 9.55. The first kappa shape index (κ1) is 14.0. The van der Waals surface area contributed by atoms with Crippen LogP contribution < -0.4 is 10.6 Å². The van der Waals surface area contributed by atoms with Crippen molar-refractivity contribution >= 4 is 17.5 Å². The molecule has 2 aromatic rings. The molecule has 1 atom stereocenters. The van der Waals surface area contributed by atoms with Crippen molar-refractivity contribution in [3.05, 3.63) is 29.9 Å². The second-order valence-corrected chi connectivity index (χ2v) is 4.52. The maximum absolute atomic E-state index is 11.8. The molecular formula is C13H17N5O2. The van der Waals surface area contributed by atoms with E-state index in [1.807, 2.05) is 13.8 Å². The zero-order valence-electron chi connectivity index (χ0n) is 11.7. The highest BCUT2D eigenvalue weighted by atomic mass is 16.5. The van der Waals surface area contributed by atoms with Crippen LogP contribution in [0.3, 0.4) is 0 Å². The molecular weight excluding hydrogens is 258 g/mol. The Morgan fingerprint density at radius 2 is 2.15 bits per heavy atom. The number of nitrogens with zero attached hydrogens (tertiary/aromatic N) is 3. The van der Waals surface area contributed by atoms with Gasteiger partial charge in [0.15, 0.2) is 5.82 Å². The maximum Gasteiger partial charge on any atom is 0.271 e. The van der Waals surface area contributed by atoms with E-state index in [9.17, 15) is 4.79 Å². The smallest absolute Gasteiger partial charge is 0.271 e. The Morgan fingerprint density at radius 3 is 2.70 bits per heavy atom. The second-order valence-electron chi connectivity index (χ2n) is 4.52. The van der Waals surface area contributed by atoms with Gasteiger partial charge < -0.3 is 15.2 Å². The number of nitrogens with one attached hydrogen (secondary N) is 2. The minimum absolute atomic E-state index is 0.111. The molecule has 2 rings (SSSR count). The Kier molecular flexibility index (Phi) is 4.29. The van der Waals surface area contributed by atoms with E-state index in [0.29, 0.717) is 17.4 Å². The van der Waals surface area contributed by atoms with Gasteiger partial charge in [-0.2, -0.15) is 0 Å². The first-order valence-corrected chi connectivity index (χ1v) is 6.41. The van der Waals surface area contributed by atoms with Crippen molar-refractivity contribution in [3.8, 4) is 0 Å². The van der Waals surface area contributed by atoms with Gasteiger partial charge in [-0.1, -0.05) is 12.1 Å². The average molecular weight is 275 g/mol. The first-order chi connectivity index (χ1) is 9.58. The van der Waals surface area contributed by atoms with Crippen molar-refractivity contribution in [2.24, 2.45) is 0 Å². The molecule has 20 heavy (non-hydrogen) atoms. The molecule has 0 bridgehead atoms. The van der Waals surface area contributed by atoms with Crippen molar-refractivity contribution in [2.45, 2.75) is 33.2 Å². The minimum Gasteiger partial charge on any atom is -0.360 e. The summed E-state index contributed by atoms with van der Waals surface area (Å²) in [5.74, 6) is 1.52. The molecule has 0 aliphatic rings. The Balaban J connectivity index is 2.00. The Bertz CT molecular complexity index is 579. The van der Waals surface area contributed by atoms with Gasteiger partial charge in [0, 0.05) is 12.1 Å². The van der Waals surface area contributed by atoms with Gasteiger partial charge in [0.25, 0.3) is 5.91 Å². The maximum atomic E-state index is 11.8. The summed E-state index contributed by atoms with van der Waals surface area (Å²) in [6.07, 6.45) is 3.77. The molecule has 0 saturated carbocycles. The minimum atomic E-state index is -0.226. The molecule has 0 fully saturated rings. The molecule has 7 heteroatoms. The Hall–Kier alpha value is -2.44. The lowest BCUT2D eigenvalue weighted by atomic mass is 10.2. The molecule has 7 nitrogen and oxygen atoms in total. The molecule has 1 unspecified atom stereocenters. The van der Waals surface area contributed by atoms with E-state index in [4.69, 9.17) is 4.52 Å². The molecule has 2 N–H and O–H groups in total. The number of aryl methyl sites for hydroxylation is 1. The fourth-order valence-corrected chi connectivity index (χ4v) is 1.47. The molecule has 0 aromatic carbocycles. The van der Waals surface area contributed by atoms with Crippen molar-refractivity contribution in [2.75, 3.05) is 5.32 Å². The number of aromatic nitrogens is 3. The predicted molar refractivity (Wildman–Crippen MR) is 73.8 cm³/mol. The summed E-state index contributed by atoms with van der Waals surface area (Å²) in [5.41, 5.74) is 0.284. The highest BCUT2D eigenvalue weighted by Gasteiger charge is 2.10. The largest absolute Gasteiger partial charge is 0.360 e. The van der Waals surface area contributed by atoms with Crippen LogP contribution in [-0.4, -0.2) is 27.1 Å². The number of carbonyl (C=O) groups is 1.